The van der Waals surface area contributed by atoms with Crippen LogP contribution in [0.4, 0.5) is 8.78 Å². The molecule has 1 saturated carbocycles. The lowest BCUT2D eigenvalue weighted by Gasteiger charge is -2.31. The molecule has 2 N–H and O–H groups in total. The van der Waals surface area contributed by atoms with Crippen molar-refractivity contribution in [2.24, 2.45) is 0 Å². The molecule has 1 aromatic heterocycles. The molecule has 3 nitrogen and oxygen atoms in total. The van der Waals surface area contributed by atoms with Gasteiger partial charge >= 0.3 is 0 Å². The maximum Gasteiger partial charge on any atom is 0.159 e. The highest BCUT2D eigenvalue weighted by molar-refractivity contribution is 5.31. The lowest BCUT2D eigenvalue weighted by Crippen LogP contribution is -2.37. The van der Waals surface area contributed by atoms with Crippen molar-refractivity contribution >= 4 is 0 Å². The fourth-order valence-electron chi connectivity index (χ4n) is 3.10. The Labute approximate surface area is 134 Å². The van der Waals surface area contributed by atoms with Crippen LogP contribution in [0, 0.1) is 11.6 Å². The van der Waals surface area contributed by atoms with E-state index in [-0.39, 0.29) is 18.2 Å². The minimum atomic E-state index is -0.850. The molecule has 0 unspecified atom stereocenters. The fourth-order valence-corrected chi connectivity index (χ4v) is 3.10. The minimum absolute atomic E-state index is 0.229. The van der Waals surface area contributed by atoms with Crippen LogP contribution in [-0.4, -0.2) is 22.2 Å². The molecular formula is C18H20F2N2O. The quantitative estimate of drug-likeness (QED) is 0.909. The Balaban J connectivity index is 1.86. The van der Waals surface area contributed by atoms with Gasteiger partial charge < -0.3 is 10.4 Å². The second-order valence-electron chi connectivity index (χ2n) is 6.07. The number of benzene rings is 1. The third-order valence-corrected chi connectivity index (χ3v) is 4.39. The summed E-state index contributed by atoms with van der Waals surface area (Å²) >= 11 is 0. The van der Waals surface area contributed by atoms with Gasteiger partial charge in [-0.15, -0.1) is 0 Å². The van der Waals surface area contributed by atoms with Crippen molar-refractivity contribution in [1.29, 1.82) is 0 Å². The second-order valence-corrected chi connectivity index (χ2v) is 6.07. The SMILES string of the molecule is OC1CCC(N[C@@H](c2cccnc2)c2ccc(F)c(F)c2)CC1. The highest BCUT2D eigenvalue weighted by Crippen LogP contribution is 2.27. The van der Waals surface area contributed by atoms with Crippen LogP contribution in [0.1, 0.15) is 42.9 Å². The Kier molecular flexibility index (Phi) is 4.98. The van der Waals surface area contributed by atoms with Gasteiger partial charge in [-0.25, -0.2) is 8.78 Å². The number of halogens is 2. The van der Waals surface area contributed by atoms with Gasteiger partial charge in [-0.3, -0.25) is 4.98 Å². The Bertz CT molecular complexity index is 643. The van der Waals surface area contributed by atoms with Gasteiger partial charge in [-0.1, -0.05) is 12.1 Å². The van der Waals surface area contributed by atoms with Crippen molar-refractivity contribution in [2.45, 2.75) is 43.9 Å². The average Bonchev–Trinajstić information content (AvgIpc) is 2.58. The third kappa shape index (κ3) is 3.92. The van der Waals surface area contributed by atoms with E-state index < -0.39 is 11.6 Å². The molecule has 1 fully saturated rings. The van der Waals surface area contributed by atoms with E-state index in [2.05, 4.69) is 10.3 Å². The number of hydrogen-bond donors (Lipinski definition) is 2. The molecule has 0 radical (unpaired) electrons. The van der Waals surface area contributed by atoms with Crippen molar-refractivity contribution < 1.29 is 13.9 Å². The Morgan fingerprint density at radius 1 is 1.04 bits per heavy atom. The lowest BCUT2D eigenvalue weighted by molar-refractivity contribution is 0.115. The van der Waals surface area contributed by atoms with E-state index in [1.807, 2.05) is 12.1 Å². The maximum atomic E-state index is 13.6. The molecule has 0 aliphatic heterocycles. The van der Waals surface area contributed by atoms with Crippen LogP contribution in [-0.2, 0) is 0 Å². The molecule has 0 saturated heterocycles. The third-order valence-electron chi connectivity index (χ3n) is 4.39. The molecular weight excluding hydrogens is 298 g/mol. The highest BCUT2D eigenvalue weighted by atomic mass is 19.2. The first-order valence-electron chi connectivity index (χ1n) is 7.92. The molecule has 0 spiro atoms. The monoisotopic (exact) mass is 318 g/mol. The first-order valence-corrected chi connectivity index (χ1v) is 7.92. The van der Waals surface area contributed by atoms with Crippen LogP contribution < -0.4 is 5.32 Å². The van der Waals surface area contributed by atoms with Gasteiger partial charge in [0, 0.05) is 18.4 Å². The standard InChI is InChI=1S/C18H20F2N2O/c19-16-8-3-12(10-17(16)20)18(13-2-1-9-21-11-13)22-14-4-6-15(23)7-5-14/h1-3,8-11,14-15,18,22-23H,4-7H2/t14?,15?,18-/m1/s1. The molecule has 1 aliphatic rings. The molecule has 23 heavy (non-hydrogen) atoms. The number of hydrogen-bond acceptors (Lipinski definition) is 3. The van der Waals surface area contributed by atoms with E-state index in [0.717, 1.165) is 37.3 Å². The summed E-state index contributed by atoms with van der Waals surface area (Å²) in [6.45, 7) is 0. The highest BCUT2D eigenvalue weighted by Gasteiger charge is 2.24. The Morgan fingerprint density at radius 2 is 1.83 bits per heavy atom. The summed E-state index contributed by atoms with van der Waals surface area (Å²) in [5.74, 6) is -1.70. The largest absolute Gasteiger partial charge is 0.393 e. The number of nitrogens with zero attached hydrogens (tertiary/aromatic N) is 1. The van der Waals surface area contributed by atoms with Crippen LogP contribution in [0.2, 0.25) is 0 Å². The first-order chi connectivity index (χ1) is 11.1. The molecule has 1 atom stereocenters. The number of rotatable bonds is 4. The molecule has 1 aromatic carbocycles. The molecule has 1 heterocycles. The van der Waals surface area contributed by atoms with Crippen LogP contribution in [0.25, 0.3) is 0 Å². The molecule has 5 heteroatoms. The summed E-state index contributed by atoms with van der Waals surface area (Å²) in [6.07, 6.45) is 6.43. The van der Waals surface area contributed by atoms with Gasteiger partial charge in [0.1, 0.15) is 0 Å². The normalized spacial score (nSPS) is 22.7. The number of nitrogens with one attached hydrogen (secondary N) is 1. The zero-order valence-electron chi connectivity index (χ0n) is 12.8. The summed E-state index contributed by atoms with van der Waals surface area (Å²) in [6, 6.07) is 7.72. The van der Waals surface area contributed by atoms with Crippen molar-refractivity contribution in [3.05, 3.63) is 65.5 Å². The van der Waals surface area contributed by atoms with Crippen molar-refractivity contribution in [1.82, 2.24) is 10.3 Å². The predicted molar refractivity (Wildman–Crippen MR) is 83.8 cm³/mol. The van der Waals surface area contributed by atoms with E-state index in [1.54, 1.807) is 18.5 Å². The summed E-state index contributed by atoms with van der Waals surface area (Å²) in [4.78, 5) is 4.13. The lowest BCUT2D eigenvalue weighted by atomic mass is 9.90. The second kappa shape index (κ2) is 7.15. The summed E-state index contributed by atoms with van der Waals surface area (Å²) < 4.78 is 26.9. The van der Waals surface area contributed by atoms with E-state index in [9.17, 15) is 13.9 Å². The minimum Gasteiger partial charge on any atom is -0.393 e. The maximum absolute atomic E-state index is 13.6. The Hall–Kier alpha value is -1.85. The molecule has 3 rings (SSSR count). The van der Waals surface area contributed by atoms with Crippen molar-refractivity contribution in [3.8, 4) is 0 Å². The smallest absolute Gasteiger partial charge is 0.159 e. The van der Waals surface area contributed by atoms with Gasteiger partial charge in [-0.2, -0.15) is 0 Å². The van der Waals surface area contributed by atoms with E-state index in [4.69, 9.17) is 0 Å². The number of aliphatic hydroxyl groups excluding tert-OH is 1. The summed E-state index contributed by atoms with van der Waals surface area (Å²) in [5.41, 5.74) is 1.58. The average molecular weight is 318 g/mol. The fraction of sp³-hybridized carbons (Fsp3) is 0.389. The van der Waals surface area contributed by atoms with Gasteiger partial charge in [0.15, 0.2) is 11.6 Å². The predicted octanol–water partition coefficient (Wildman–Crippen LogP) is 3.34. The zero-order chi connectivity index (χ0) is 16.2. The van der Waals surface area contributed by atoms with Crippen LogP contribution in [0.3, 0.4) is 0 Å². The van der Waals surface area contributed by atoms with Gasteiger partial charge in [0.2, 0.25) is 0 Å². The molecule has 0 bridgehead atoms. The van der Waals surface area contributed by atoms with Gasteiger partial charge in [0.25, 0.3) is 0 Å². The van der Waals surface area contributed by atoms with Gasteiger partial charge in [0.05, 0.1) is 12.1 Å². The van der Waals surface area contributed by atoms with Crippen LogP contribution in [0.5, 0.6) is 0 Å². The number of aromatic nitrogens is 1. The van der Waals surface area contributed by atoms with E-state index in [0.29, 0.717) is 5.56 Å². The molecule has 2 aromatic rings. The topological polar surface area (TPSA) is 45.1 Å². The van der Waals surface area contributed by atoms with Crippen LogP contribution >= 0.6 is 0 Å². The van der Waals surface area contributed by atoms with Crippen LogP contribution in [0.15, 0.2) is 42.7 Å². The Morgan fingerprint density at radius 3 is 2.48 bits per heavy atom. The molecule has 0 amide bonds. The van der Waals surface area contributed by atoms with Crippen molar-refractivity contribution in [3.63, 3.8) is 0 Å². The van der Waals surface area contributed by atoms with E-state index >= 15 is 0 Å². The van der Waals surface area contributed by atoms with E-state index in [1.165, 1.54) is 6.07 Å². The molecule has 1 aliphatic carbocycles. The summed E-state index contributed by atoms with van der Waals surface area (Å²) in [5, 5.41) is 13.1. The first kappa shape index (κ1) is 16.0. The van der Waals surface area contributed by atoms with Gasteiger partial charge in [-0.05, 0) is 55.0 Å². The number of pyridine rings is 1. The summed E-state index contributed by atoms with van der Waals surface area (Å²) in [7, 11) is 0. The van der Waals surface area contributed by atoms with Crippen molar-refractivity contribution in [2.75, 3.05) is 0 Å². The number of aliphatic hydroxyl groups is 1. The molecule has 122 valence electrons. The zero-order valence-corrected chi connectivity index (χ0v) is 12.8.